The highest BCUT2D eigenvalue weighted by atomic mass is 32.2. The van der Waals surface area contributed by atoms with Crippen LogP contribution in [-0.2, 0) is 4.79 Å². The maximum absolute atomic E-state index is 12.2. The van der Waals surface area contributed by atoms with Crippen molar-refractivity contribution in [3.8, 4) is 0 Å². The second-order valence-corrected chi connectivity index (χ2v) is 7.06. The Morgan fingerprint density at radius 3 is 2.67 bits per heavy atom. The van der Waals surface area contributed by atoms with Gasteiger partial charge in [0.05, 0.1) is 11.8 Å². The highest BCUT2D eigenvalue weighted by Crippen LogP contribution is 2.58. The van der Waals surface area contributed by atoms with Crippen molar-refractivity contribution in [2.45, 2.75) is 43.4 Å². The molecule has 2 saturated heterocycles. The molecule has 0 N–H and O–H groups in total. The summed E-state index contributed by atoms with van der Waals surface area (Å²) in [5.74, 6) is 0.676. The molecule has 0 aromatic heterocycles. The highest BCUT2D eigenvalue weighted by molar-refractivity contribution is 8.01. The van der Waals surface area contributed by atoms with Crippen LogP contribution in [0.3, 0.4) is 0 Å². The summed E-state index contributed by atoms with van der Waals surface area (Å²) in [6.45, 7) is 10.5. The van der Waals surface area contributed by atoms with Crippen LogP contribution in [0.1, 0.15) is 27.2 Å². The van der Waals surface area contributed by atoms with Crippen molar-refractivity contribution in [3.05, 3.63) is 12.7 Å². The van der Waals surface area contributed by atoms with Gasteiger partial charge in [-0.2, -0.15) is 0 Å². The van der Waals surface area contributed by atoms with Gasteiger partial charge in [-0.15, -0.1) is 0 Å². The lowest BCUT2D eigenvalue weighted by Gasteiger charge is -2.49. The summed E-state index contributed by atoms with van der Waals surface area (Å²) in [5.41, 5.74) is 0. The van der Waals surface area contributed by atoms with E-state index in [0.29, 0.717) is 15.8 Å². The summed E-state index contributed by atoms with van der Waals surface area (Å²) < 4.78 is 0.723. The summed E-state index contributed by atoms with van der Waals surface area (Å²) in [6, 6.07) is 0.266. The lowest BCUT2D eigenvalue weighted by atomic mass is 9.86. The maximum Gasteiger partial charge on any atom is 0.325 e. The van der Waals surface area contributed by atoms with E-state index in [1.54, 1.807) is 0 Å². The van der Waals surface area contributed by atoms with E-state index >= 15 is 0 Å². The van der Waals surface area contributed by atoms with Crippen molar-refractivity contribution >= 4 is 17.7 Å². The number of likely N-dealkylation sites (N-methyl/N-ethyl adjacent to an activating group) is 1. The van der Waals surface area contributed by atoms with E-state index in [2.05, 4.69) is 34.4 Å². The Bertz CT molecular complexity index is 326. The lowest BCUT2D eigenvalue weighted by molar-refractivity contribution is -0.893. The van der Waals surface area contributed by atoms with Crippen LogP contribution < -0.4 is 0 Å². The van der Waals surface area contributed by atoms with E-state index in [-0.39, 0.29) is 16.7 Å². The van der Waals surface area contributed by atoms with E-state index < -0.39 is 0 Å². The van der Waals surface area contributed by atoms with Crippen LogP contribution >= 0.6 is 11.8 Å². The van der Waals surface area contributed by atoms with Gasteiger partial charge in [-0.1, -0.05) is 25.3 Å². The first kappa shape index (κ1) is 11.2. The SMILES string of the molecule is C=CC1C(C)(C)SC2[C@H](CC)C(=O)[N+]21C. The molecule has 2 aliphatic heterocycles. The number of quaternary nitrogens is 1. The van der Waals surface area contributed by atoms with Gasteiger partial charge in [0, 0.05) is 0 Å². The number of thioether (sulfide) groups is 1. The molecule has 2 fully saturated rings. The predicted molar refractivity (Wildman–Crippen MR) is 64.4 cm³/mol. The zero-order chi connectivity index (χ0) is 11.4. The quantitative estimate of drug-likeness (QED) is 0.408. The Morgan fingerprint density at radius 2 is 2.20 bits per heavy atom. The average Bonchev–Trinajstić information content (AvgIpc) is 2.34. The summed E-state index contributed by atoms with van der Waals surface area (Å²) in [7, 11) is 2.08. The van der Waals surface area contributed by atoms with Crippen molar-refractivity contribution in [1.82, 2.24) is 0 Å². The fourth-order valence-electron chi connectivity index (χ4n) is 3.29. The minimum absolute atomic E-state index is 0.140. The van der Waals surface area contributed by atoms with Gasteiger partial charge < -0.3 is 0 Å². The number of rotatable bonds is 2. The first-order chi connectivity index (χ1) is 6.89. The fraction of sp³-hybridized carbons (Fsp3) is 0.750. The predicted octanol–water partition coefficient (Wildman–Crippen LogP) is 2.41. The van der Waals surface area contributed by atoms with E-state index in [9.17, 15) is 4.79 Å². The average molecular weight is 226 g/mol. The Kier molecular flexibility index (Phi) is 2.32. The van der Waals surface area contributed by atoms with Gasteiger partial charge in [-0.25, -0.2) is 9.28 Å². The van der Waals surface area contributed by atoms with Crippen molar-refractivity contribution in [3.63, 3.8) is 0 Å². The molecule has 4 atom stereocenters. The number of carbonyl (C=O) groups is 1. The number of hydrogen-bond acceptors (Lipinski definition) is 2. The van der Waals surface area contributed by atoms with Gasteiger partial charge in [0.25, 0.3) is 0 Å². The number of fused-ring (bicyclic) bond motifs is 1. The minimum Gasteiger partial charge on any atom is -0.244 e. The number of amides is 1. The molecule has 2 nitrogen and oxygen atoms in total. The standard InChI is InChI=1S/C12H20NOS/c1-6-8-10(14)13(5)9(7-2)12(3,4)15-11(8)13/h7-9,11H,2,6H2,1,3-5H3/q+1/t8-,9?,11?,13?/m1/s1. The summed E-state index contributed by atoms with van der Waals surface area (Å²) in [5, 5.41) is 0.459. The molecule has 2 rings (SSSR count). The third kappa shape index (κ3) is 1.14. The van der Waals surface area contributed by atoms with Crippen LogP contribution in [0.4, 0.5) is 0 Å². The summed E-state index contributed by atoms with van der Waals surface area (Å²) >= 11 is 1.97. The molecule has 3 heteroatoms. The first-order valence-electron chi connectivity index (χ1n) is 5.60. The van der Waals surface area contributed by atoms with E-state index in [0.717, 1.165) is 6.42 Å². The number of β-lactam (4-membered cyclic amide) rings is 1. The third-order valence-corrected chi connectivity index (χ3v) is 5.90. The molecule has 1 amide bonds. The van der Waals surface area contributed by atoms with Crippen LogP contribution in [0, 0.1) is 5.92 Å². The van der Waals surface area contributed by atoms with Crippen LogP contribution in [-0.4, -0.2) is 33.6 Å². The highest BCUT2D eigenvalue weighted by Gasteiger charge is 2.71. The van der Waals surface area contributed by atoms with Crippen molar-refractivity contribution in [2.24, 2.45) is 5.92 Å². The van der Waals surface area contributed by atoms with Crippen LogP contribution in [0.15, 0.2) is 12.7 Å². The molecule has 2 aliphatic rings. The fourth-order valence-corrected chi connectivity index (χ4v) is 5.29. The van der Waals surface area contributed by atoms with E-state index in [1.807, 2.05) is 17.8 Å². The Morgan fingerprint density at radius 1 is 1.60 bits per heavy atom. The molecular weight excluding hydrogens is 206 g/mol. The zero-order valence-corrected chi connectivity index (χ0v) is 10.8. The Labute approximate surface area is 96.3 Å². The normalized spacial score (nSPS) is 47.2. The van der Waals surface area contributed by atoms with Gasteiger partial charge in [0.2, 0.25) is 0 Å². The van der Waals surface area contributed by atoms with Crippen LogP contribution in [0.25, 0.3) is 0 Å². The van der Waals surface area contributed by atoms with Crippen molar-refractivity contribution in [1.29, 1.82) is 0 Å². The van der Waals surface area contributed by atoms with Crippen molar-refractivity contribution < 1.29 is 9.28 Å². The van der Waals surface area contributed by atoms with Crippen LogP contribution in [0.2, 0.25) is 0 Å². The molecule has 0 aromatic carbocycles. The molecule has 0 bridgehead atoms. The molecule has 0 aromatic rings. The molecule has 3 unspecified atom stereocenters. The monoisotopic (exact) mass is 226 g/mol. The lowest BCUT2D eigenvalue weighted by Crippen LogP contribution is -2.72. The zero-order valence-electron chi connectivity index (χ0n) is 9.99. The molecule has 15 heavy (non-hydrogen) atoms. The summed E-state index contributed by atoms with van der Waals surface area (Å²) in [6.07, 6.45) is 2.95. The molecule has 0 aliphatic carbocycles. The summed E-state index contributed by atoms with van der Waals surface area (Å²) in [4.78, 5) is 12.2. The molecular formula is C12H20NOS+. The molecule has 0 saturated carbocycles. The first-order valence-corrected chi connectivity index (χ1v) is 6.48. The van der Waals surface area contributed by atoms with Gasteiger partial charge in [-0.05, 0) is 26.3 Å². The minimum atomic E-state index is 0.140. The van der Waals surface area contributed by atoms with Gasteiger partial charge in [-0.3, -0.25) is 0 Å². The maximum atomic E-state index is 12.2. The molecule has 0 radical (unpaired) electrons. The molecule has 84 valence electrons. The second-order valence-electron chi connectivity index (χ2n) is 5.29. The van der Waals surface area contributed by atoms with E-state index in [4.69, 9.17) is 0 Å². The smallest absolute Gasteiger partial charge is 0.244 e. The number of nitrogens with zero attached hydrogens (tertiary/aromatic N) is 1. The third-order valence-electron chi connectivity index (χ3n) is 4.04. The topological polar surface area (TPSA) is 17.1 Å². The van der Waals surface area contributed by atoms with Crippen molar-refractivity contribution in [2.75, 3.05) is 7.05 Å². The Hall–Kier alpha value is -0.280. The molecule has 0 spiro atoms. The Balaban J connectivity index is 2.38. The number of carbonyl (C=O) groups excluding carboxylic acids is 1. The number of hydrogen-bond donors (Lipinski definition) is 0. The molecule has 2 heterocycles. The second kappa shape index (κ2) is 3.11. The van der Waals surface area contributed by atoms with Crippen LogP contribution in [0.5, 0.6) is 0 Å². The largest absolute Gasteiger partial charge is 0.325 e. The van der Waals surface area contributed by atoms with Gasteiger partial charge >= 0.3 is 5.91 Å². The van der Waals surface area contributed by atoms with Gasteiger partial charge in [0.15, 0.2) is 5.37 Å². The van der Waals surface area contributed by atoms with Gasteiger partial charge in [0.1, 0.15) is 12.0 Å². The van der Waals surface area contributed by atoms with E-state index in [1.165, 1.54) is 0 Å².